The van der Waals surface area contributed by atoms with Crippen LogP contribution < -0.4 is 10.1 Å². The van der Waals surface area contributed by atoms with Crippen molar-refractivity contribution in [3.8, 4) is 5.75 Å². The molecular weight excluding hydrogens is 583 g/mol. The van der Waals surface area contributed by atoms with Crippen molar-refractivity contribution in [1.82, 2.24) is 9.62 Å². The van der Waals surface area contributed by atoms with Crippen molar-refractivity contribution in [2.45, 2.75) is 49.8 Å². The molecule has 1 fully saturated rings. The topological polar surface area (TPSA) is 105 Å². The molecule has 1 amide bonds. The molecular formula is C31H36ClFN2O6S. The average molecular weight is 619 g/mol. The Hall–Kier alpha value is -3.02. The van der Waals surface area contributed by atoms with Crippen LogP contribution in [0.25, 0.3) is 0 Å². The molecule has 4 rings (SSSR count). The second-order valence-corrected chi connectivity index (χ2v) is 13.3. The Morgan fingerprint density at radius 3 is 2.48 bits per heavy atom. The van der Waals surface area contributed by atoms with Crippen molar-refractivity contribution in [2.75, 3.05) is 26.3 Å². The summed E-state index contributed by atoms with van der Waals surface area (Å²) in [4.78, 5) is 13.6. The molecule has 11 heteroatoms. The summed E-state index contributed by atoms with van der Waals surface area (Å²) < 4.78 is 53.8. The minimum Gasteiger partial charge on any atom is -0.487 e. The molecule has 0 bridgehead atoms. The number of aliphatic hydroxyl groups is 1. The van der Waals surface area contributed by atoms with Gasteiger partial charge in [-0.1, -0.05) is 67.9 Å². The summed E-state index contributed by atoms with van der Waals surface area (Å²) in [6.45, 7) is 6.04. The molecule has 2 N–H and O–H groups in total. The van der Waals surface area contributed by atoms with Gasteiger partial charge in [0.1, 0.15) is 17.7 Å². The van der Waals surface area contributed by atoms with Crippen LogP contribution in [0.2, 0.25) is 5.02 Å². The Kier molecular flexibility index (Phi) is 10.3. The maximum absolute atomic E-state index is 13.8. The lowest BCUT2D eigenvalue weighted by Crippen LogP contribution is -2.56. The molecule has 0 spiro atoms. The van der Waals surface area contributed by atoms with Gasteiger partial charge in [-0.25, -0.2) is 12.8 Å². The van der Waals surface area contributed by atoms with Gasteiger partial charge in [-0.05, 0) is 48.7 Å². The third-order valence-electron chi connectivity index (χ3n) is 7.20. The number of rotatable bonds is 12. The van der Waals surface area contributed by atoms with Crippen molar-refractivity contribution in [1.29, 1.82) is 0 Å². The van der Waals surface area contributed by atoms with Crippen LogP contribution in [-0.4, -0.2) is 62.2 Å². The van der Waals surface area contributed by atoms with E-state index in [1.165, 1.54) is 0 Å². The zero-order valence-corrected chi connectivity index (χ0v) is 25.4. The third kappa shape index (κ3) is 7.30. The maximum atomic E-state index is 13.8. The van der Waals surface area contributed by atoms with E-state index < -0.39 is 33.4 Å². The summed E-state index contributed by atoms with van der Waals surface area (Å²) in [6, 6.07) is 18.9. The van der Waals surface area contributed by atoms with Gasteiger partial charge >= 0.3 is 0 Å². The highest BCUT2D eigenvalue weighted by Crippen LogP contribution is 2.30. The Labute approximate surface area is 251 Å². The number of benzene rings is 3. The van der Waals surface area contributed by atoms with Gasteiger partial charge in [0, 0.05) is 19.5 Å². The van der Waals surface area contributed by atoms with Gasteiger partial charge in [-0.15, -0.1) is 0 Å². The summed E-state index contributed by atoms with van der Waals surface area (Å²) in [6.07, 6.45) is -0.875. The van der Waals surface area contributed by atoms with E-state index in [1.54, 1.807) is 61.5 Å². The molecule has 1 heterocycles. The second kappa shape index (κ2) is 13.5. The van der Waals surface area contributed by atoms with Gasteiger partial charge in [-0.2, -0.15) is 4.31 Å². The first-order valence-electron chi connectivity index (χ1n) is 13.8. The fraction of sp³-hybridized carbons (Fsp3) is 0.387. The minimum absolute atomic E-state index is 0.0628. The largest absolute Gasteiger partial charge is 0.487 e. The molecule has 0 saturated carbocycles. The lowest BCUT2D eigenvalue weighted by Gasteiger charge is -2.38. The smallest absolute Gasteiger partial charge is 0.255 e. The van der Waals surface area contributed by atoms with Gasteiger partial charge in [-0.3, -0.25) is 4.79 Å². The number of nitrogens with zero attached hydrogens (tertiary/aromatic N) is 1. The molecule has 0 aliphatic carbocycles. The fourth-order valence-corrected chi connectivity index (χ4v) is 6.70. The van der Waals surface area contributed by atoms with E-state index in [9.17, 15) is 22.7 Å². The number of carbonyl (C=O) groups excluding carboxylic acids is 1. The summed E-state index contributed by atoms with van der Waals surface area (Å²) in [5, 5.41) is 14.4. The molecule has 1 saturated heterocycles. The molecule has 226 valence electrons. The van der Waals surface area contributed by atoms with Crippen LogP contribution in [0.5, 0.6) is 5.75 Å². The van der Waals surface area contributed by atoms with Gasteiger partial charge in [0.05, 0.1) is 40.3 Å². The number of para-hydroxylation sites is 1. The van der Waals surface area contributed by atoms with Crippen molar-refractivity contribution in [2.24, 2.45) is 5.92 Å². The highest BCUT2D eigenvalue weighted by Gasteiger charge is 2.40. The van der Waals surface area contributed by atoms with Gasteiger partial charge < -0.3 is 19.9 Å². The van der Waals surface area contributed by atoms with Crippen molar-refractivity contribution < 1.29 is 32.2 Å². The number of hydrogen-bond acceptors (Lipinski definition) is 6. The first-order chi connectivity index (χ1) is 19.9. The Balaban J connectivity index is 1.67. The lowest BCUT2D eigenvalue weighted by molar-refractivity contribution is 0.0437. The predicted octanol–water partition coefficient (Wildman–Crippen LogP) is 5.00. The standard InChI is InChI=1S/C31H36ClFN2O6S/c1-21(2)18-35(42(38,39)24-13-14-27(33)26(32)17-24)19-29(36)31(3,22-9-5-4-6-10-22)34-30(37)25-11-7-8-12-28(25)41-23-15-16-40-20-23/h4-14,17,21,23,29,36H,15-16,18-20H2,1-3H3,(H,34,37)/t23-,29+,31-/m0/s1. The number of nitrogens with one attached hydrogen (secondary N) is 1. The summed E-state index contributed by atoms with van der Waals surface area (Å²) in [7, 11) is -4.20. The minimum atomic E-state index is -4.20. The van der Waals surface area contributed by atoms with Gasteiger partial charge in [0.2, 0.25) is 10.0 Å². The van der Waals surface area contributed by atoms with E-state index >= 15 is 0 Å². The third-order valence-corrected chi connectivity index (χ3v) is 9.32. The van der Waals surface area contributed by atoms with Crippen LogP contribution in [0.4, 0.5) is 4.39 Å². The number of aliphatic hydroxyl groups excluding tert-OH is 1. The highest BCUT2D eigenvalue weighted by atomic mass is 35.5. The molecule has 0 unspecified atom stereocenters. The number of hydrogen-bond donors (Lipinski definition) is 2. The quantitative estimate of drug-likeness (QED) is 0.296. The van der Waals surface area contributed by atoms with Crippen LogP contribution >= 0.6 is 11.6 Å². The van der Waals surface area contributed by atoms with E-state index in [0.29, 0.717) is 30.9 Å². The average Bonchev–Trinajstić information content (AvgIpc) is 3.47. The maximum Gasteiger partial charge on any atom is 0.255 e. The molecule has 0 aromatic heterocycles. The van der Waals surface area contributed by atoms with E-state index in [4.69, 9.17) is 21.1 Å². The first kappa shape index (κ1) is 31.9. The molecule has 3 aromatic carbocycles. The summed E-state index contributed by atoms with van der Waals surface area (Å²) in [5.74, 6) is -0.967. The van der Waals surface area contributed by atoms with Crippen molar-refractivity contribution in [3.05, 3.63) is 94.8 Å². The summed E-state index contributed by atoms with van der Waals surface area (Å²) in [5.41, 5.74) is -0.584. The number of sulfonamides is 1. The molecule has 3 aromatic rings. The van der Waals surface area contributed by atoms with Crippen LogP contribution in [0, 0.1) is 11.7 Å². The molecule has 3 atom stereocenters. The molecule has 8 nitrogen and oxygen atoms in total. The number of halogens is 2. The summed E-state index contributed by atoms with van der Waals surface area (Å²) >= 11 is 5.90. The van der Waals surface area contributed by atoms with Gasteiger partial charge in [0.25, 0.3) is 5.91 Å². The molecule has 0 radical (unpaired) electrons. The van der Waals surface area contributed by atoms with Crippen molar-refractivity contribution >= 4 is 27.5 Å². The number of ether oxygens (including phenoxy) is 2. The Bertz CT molecular complexity index is 1480. The van der Waals surface area contributed by atoms with Crippen LogP contribution in [0.3, 0.4) is 0 Å². The number of amides is 1. The SMILES string of the molecule is CC(C)CN(C[C@@H](O)[C@@](C)(NC(=O)c1ccccc1O[C@H]1CCOC1)c1ccccc1)S(=O)(=O)c1ccc(F)c(Cl)c1. The van der Waals surface area contributed by atoms with Crippen molar-refractivity contribution in [3.63, 3.8) is 0 Å². The molecule has 1 aliphatic heterocycles. The lowest BCUT2D eigenvalue weighted by atomic mass is 9.85. The van der Waals surface area contributed by atoms with E-state index in [1.807, 2.05) is 13.8 Å². The second-order valence-electron chi connectivity index (χ2n) is 10.9. The fourth-order valence-electron chi connectivity index (χ4n) is 4.82. The first-order valence-corrected chi connectivity index (χ1v) is 15.6. The zero-order valence-electron chi connectivity index (χ0n) is 23.8. The zero-order chi connectivity index (χ0) is 30.5. The van der Waals surface area contributed by atoms with Crippen LogP contribution in [-0.2, 0) is 20.3 Å². The number of carbonyl (C=O) groups is 1. The monoisotopic (exact) mass is 618 g/mol. The predicted molar refractivity (Wildman–Crippen MR) is 159 cm³/mol. The van der Waals surface area contributed by atoms with Crippen LogP contribution in [0.15, 0.2) is 77.7 Å². The highest BCUT2D eigenvalue weighted by molar-refractivity contribution is 7.89. The van der Waals surface area contributed by atoms with E-state index in [0.717, 1.165) is 22.5 Å². The van der Waals surface area contributed by atoms with E-state index in [-0.39, 0.29) is 40.6 Å². The normalized spacial score (nSPS) is 17.7. The Morgan fingerprint density at radius 1 is 1.14 bits per heavy atom. The van der Waals surface area contributed by atoms with Gasteiger partial charge in [0.15, 0.2) is 0 Å². The molecule has 1 aliphatic rings. The van der Waals surface area contributed by atoms with Crippen LogP contribution in [0.1, 0.15) is 43.1 Å². The van der Waals surface area contributed by atoms with E-state index in [2.05, 4.69) is 5.32 Å². The molecule has 42 heavy (non-hydrogen) atoms. The Morgan fingerprint density at radius 2 is 1.83 bits per heavy atom.